The van der Waals surface area contributed by atoms with Crippen molar-refractivity contribution in [3.8, 4) is 0 Å². The standard InChI is InChI=1S/C21H36N6.HI/c1-7-22-19(27-16-20(2,3)21(27,4)5)24-15-17-9-8-10-23-18(17)26-13-11-25(6)12-14-26;/h8-10H,7,11-16H2,1-6H3,(H,22,24);1H. The number of hydrogen-bond acceptors (Lipinski definition) is 4. The van der Waals surface area contributed by atoms with Gasteiger partial charge in [-0.25, -0.2) is 9.98 Å². The summed E-state index contributed by atoms with van der Waals surface area (Å²) in [4.78, 5) is 16.8. The van der Waals surface area contributed by atoms with E-state index in [4.69, 9.17) is 4.99 Å². The number of anilines is 1. The molecule has 0 aromatic carbocycles. The van der Waals surface area contributed by atoms with E-state index in [1.54, 1.807) is 0 Å². The van der Waals surface area contributed by atoms with E-state index in [0.29, 0.717) is 12.0 Å². The predicted octanol–water partition coefficient (Wildman–Crippen LogP) is 3.04. The van der Waals surface area contributed by atoms with Crippen LogP contribution in [0.4, 0.5) is 5.82 Å². The van der Waals surface area contributed by atoms with Gasteiger partial charge in [-0.3, -0.25) is 0 Å². The summed E-state index contributed by atoms with van der Waals surface area (Å²) in [6, 6.07) is 4.19. The molecule has 0 unspecified atom stereocenters. The number of likely N-dealkylation sites (N-methyl/N-ethyl adjacent to an activating group) is 1. The van der Waals surface area contributed by atoms with E-state index in [0.717, 1.165) is 51.0 Å². The van der Waals surface area contributed by atoms with Crippen molar-refractivity contribution in [1.29, 1.82) is 0 Å². The maximum Gasteiger partial charge on any atom is 0.194 e. The van der Waals surface area contributed by atoms with Gasteiger partial charge >= 0.3 is 0 Å². The maximum absolute atomic E-state index is 4.99. The summed E-state index contributed by atoms with van der Waals surface area (Å²) in [6.45, 7) is 18.2. The molecule has 2 aliphatic heterocycles. The Morgan fingerprint density at radius 2 is 1.86 bits per heavy atom. The Balaban J connectivity index is 0.00000280. The molecule has 158 valence electrons. The van der Waals surface area contributed by atoms with Crippen molar-refractivity contribution in [2.24, 2.45) is 10.4 Å². The number of aliphatic imine (C=N–C) groups is 1. The first-order chi connectivity index (χ1) is 12.8. The summed E-state index contributed by atoms with van der Waals surface area (Å²) >= 11 is 0. The molecular weight excluding hydrogens is 463 g/mol. The van der Waals surface area contributed by atoms with E-state index in [2.05, 4.69) is 72.7 Å². The molecule has 0 atom stereocenters. The first-order valence-electron chi connectivity index (χ1n) is 10.2. The van der Waals surface area contributed by atoms with Gasteiger partial charge in [0.2, 0.25) is 0 Å². The van der Waals surface area contributed by atoms with Gasteiger partial charge in [-0.2, -0.15) is 0 Å². The van der Waals surface area contributed by atoms with E-state index in [1.807, 2.05) is 12.3 Å². The Morgan fingerprint density at radius 1 is 1.18 bits per heavy atom. The van der Waals surface area contributed by atoms with Crippen LogP contribution in [-0.4, -0.2) is 72.6 Å². The molecule has 6 nitrogen and oxygen atoms in total. The summed E-state index contributed by atoms with van der Waals surface area (Å²) in [5, 5.41) is 3.49. The molecule has 2 aliphatic rings. The zero-order valence-corrected chi connectivity index (χ0v) is 20.7. The molecule has 0 saturated carbocycles. The van der Waals surface area contributed by atoms with Gasteiger partial charge in [-0.1, -0.05) is 19.9 Å². The lowest BCUT2D eigenvalue weighted by Gasteiger charge is -2.62. The second-order valence-electron chi connectivity index (χ2n) is 8.98. The van der Waals surface area contributed by atoms with E-state index < -0.39 is 0 Å². The highest BCUT2D eigenvalue weighted by atomic mass is 127. The Morgan fingerprint density at radius 3 is 2.43 bits per heavy atom. The second-order valence-corrected chi connectivity index (χ2v) is 8.98. The van der Waals surface area contributed by atoms with Gasteiger partial charge in [0, 0.05) is 62.0 Å². The summed E-state index contributed by atoms with van der Waals surface area (Å²) in [5.41, 5.74) is 1.60. The predicted molar refractivity (Wildman–Crippen MR) is 129 cm³/mol. The average molecular weight is 500 g/mol. The van der Waals surface area contributed by atoms with Gasteiger partial charge in [0.1, 0.15) is 5.82 Å². The monoisotopic (exact) mass is 500 g/mol. The average Bonchev–Trinajstić information content (AvgIpc) is 2.64. The SMILES string of the molecule is CCNC(=NCc1cccnc1N1CCN(C)CC1)N1CC(C)(C)C1(C)C.I. The number of likely N-dealkylation sites (tertiary alicyclic amines) is 1. The van der Waals surface area contributed by atoms with Crippen LogP contribution < -0.4 is 10.2 Å². The summed E-state index contributed by atoms with van der Waals surface area (Å²) in [5.74, 6) is 2.10. The van der Waals surface area contributed by atoms with Crippen molar-refractivity contribution < 1.29 is 0 Å². The lowest BCUT2D eigenvalue weighted by molar-refractivity contribution is -0.0667. The smallest absolute Gasteiger partial charge is 0.194 e. The Kier molecular flexibility index (Phi) is 7.58. The van der Waals surface area contributed by atoms with E-state index in [-0.39, 0.29) is 29.5 Å². The fourth-order valence-corrected chi connectivity index (χ4v) is 3.81. The number of piperazine rings is 1. The molecule has 7 heteroatoms. The third kappa shape index (κ3) is 4.56. The number of nitrogens with one attached hydrogen (secondary N) is 1. The lowest BCUT2D eigenvalue weighted by atomic mass is 9.65. The Hall–Kier alpha value is -1.09. The third-order valence-corrected chi connectivity index (χ3v) is 6.54. The van der Waals surface area contributed by atoms with Crippen LogP contribution in [0.2, 0.25) is 0 Å². The lowest BCUT2D eigenvalue weighted by Crippen LogP contribution is -2.72. The molecule has 3 rings (SSSR count). The van der Waals surface area contributed by atoms with Crippen LogP contribution in [0.5, 0.6) is 0 Å². The van der Waals surface area contributed by atoms with Crippen LogP contribution in [0.3, 0.4) is 0 Å². The zero-order valence-electron chi connectivity index (χ0n) is 18.3. The minimum Gasteiger partial charge on any atom is -0.356 e. The van der Waals surface area contributed by atoms with Gasteiger partial charge in [-0.15, -0.1) is 24.0 Å². The van der Waals surface area contributed by atoms with Crippen LogP contribution >= 0.6 is 24.0 Å². The third-order valence-electron chi connectivity index (χ3n) is 6.54. The first kappa shape index (κ1) is 23.2. The highest BCUT2D eigenvalue weighted by Gasteiger charge is 2.53. The summed E-state index contributed by atoms with van der Waals surface area (Å²) in [7, 11) is 2.18. The van der Waals surface area contributed by atoms with Gasteiger partial charge in [0.25, 0.3) is 0 Å². The minimum absolute atomic E-state index is 0. The molecule has 0 aliphatic carbocycles. The molecule has 28 heavy (non-hydrogen) atoms. The molecule has 0 amide bonds. The highest BCUT2D eigenvalue weighted by Crippen LogP contribution is 2.46. The Bertz CT molecular complexity index is 679. The van der Waals surface area contributed by atoms with Crippen molar-refractivity contribution in [3.63, 3.8) is 0 Å². The highest BCUT2D eigenvalue weighted by molar-refractivity contribution is 14.0. The van der Waals surface area contributed by atoms with Gasteiger partial charge in [0.15, 0.2) is 5.96 Å². The topological polar surface area (TPSA) is 47.0 Å². The normalized spacial score (nSPS) is 21.7. The molecule has 1 aromatic heterocycles. The van der Waals surface area contributed by atoms with Crippen LogP contribution in [0.25, 0.3) is 0 Å². The Labute approximate surface area is 187 Å². The van der Waals surface area contributed by atoms with Crippen LogP contribution in [0.15, 0.2) is 23.3 Å². The first-order valence-corrected chi connectivity index (χ1v) is 10.2. The van der Waals surface area contributed by atoms with E-state index in [9.17, 15) is 0 Å². The summed E-state index contributed by atoms with van der Waals surface area (Å²) < 4.78 is 0. The van der Waals surface area contributed by atoms with Crippen LogP contribution in [0, 0.1) is 5.41 Å². The fraction of sp³-hybridized carbons (Fsp3) is 0.714. The molecule has 2 saturated heterocycles. The van der Waals surface area contributed by atoms with E-state index >= 15 is 0 Å². The summed E-state index contributed by atoms with van der Waals surface area (Å²) in [6.07, 6.45) is 1.90. The number of hydrogen-bond donors (Lipinski definition) is 1. The number of pyridine rings is 1. The minimum atomic E-state index is 0. The zero-order chi connectivity index (χ0) is 19.7. The van der Waals surface area contributed by atoms with Gasteiger partial charge in [-0.05, 0) is 33.9 Å². The quantitative estimate of drug-likeness (QED) is 0.392. The molecule has 1 aromatic rings. The van der Waals surface area contributed by atoms with Gasteiger partial charge < -0.3 is 20.0 Å². The van der Waals surface area contributed by atoms with Crippen LogP contribution in [-0.2, 0) is 6.54 Å². The van der Waals surface area contributed by atoms with Crippen molar-refractivity contribution >= 4 is 35.8 Å². The fourth-order valence-electron chi connectivity index (χ4n) is 3.81. The maximum atomic E-state index is 4.99. The molecule has 0 bridgehead atoms. The number of nitrogens with zero attached hydrogens (tertiary/aromatic N) is 5. The van der Waals surface area contributed by atoms with Gasteiger partial charge in [0.05, 0.1) is 6.54 Å². The van der Waals surface area contributed by atoms with Crippen molar-refractivity contribution in [2.45, 2.75) is 46.7 Å². The van der Waals surface area contributed by atoms with E-state index in [1.165, 1.54) is 5.56 Å². The molecule has 0 radical (unpaired) electrons. The largest absolute Gasteiger partial charge is 0.356 e. The molecule has 3 heterocycles. The molecule has 0 spiro atoms. The number of halogens is 1. The molecule has 2 fully saturated rings. The molecule has 1 N–H and O–H groups in total. The second kappa shape index (κ2) is 9.15. The van der Waals surface area contributed by atoms with Crippen molar-refractivity contribution in [2.75, 3.05) is 51.2 Å². The number of rotatable bonds is 4. The number of aromatic nitrogens is 1. The number of guanidine groups is 1. The van der Waals surface area contributed by atoms with Crippen LogP contribution in [0.1, 0.15) is 40.2 Å². The van der Waals surface area contributed by atoms with Crippen molar-refractivity contribution in [1.82, 2.24) is 20.1 Å². The van der Waals surface area contributed by atoms with Crippen molar-refractivity contribution in [3.05, 3.63) is 23.9 Å². The molecular formula is C21H37IN6.